The van der Waals surface area contributed by atoms with Crippen LogP contribution in [0.5, 0.6) is 0 Å². The summed E-state index contributed by atoms with van der Waals surface area (Å²) in [6, 6.07) is 7.44. The zero-order valence-corrected chi connectivity index (χ0v) is 34.9. The molecule has 10 aliphatic carbocycles. The molecule has 4 aromatic heterocycles. The Bertz CT molecular complexity index is 2870. The third kappa shape index (κ3) is 2.96. The van der Waals surface area contributed by atoms with Crippen molar-refractivity contribution in [2.75, 3.05) is 0 Å². The molecule has 0 N–H and O–H groups in total. The Labute approximate surface area is 331 Å². The van der Waals surface area contributed by atoms with Gasteiger partial charge in [0.15, 0.2) is 0 Å². The molecule has 16 rings (SSSR count). The number of benzene rings is 2. The van der Waals surface area contributed by atoms with Crippen LogP contribution in [0.15, 0.2) is 30.6 Å². The Balaban J connectivity index is 1.23. The predicted molar refractivity (Wildman–Crippen MR) is 228 cm³/mol. The maximum Gasteiger partial charge on any atom is 0.0728 e. The largest absolute Gasteiger partial charge is 0.305 e. The van der Waals surface area contributed by atoms with Crippen LogP contribution >= 0.6 is 0 Å². The van der Waals surface area contributed by atoms with E-state index >= 15 is 0 Å². The topological polar surface area (TPSA) is 30.2 Å². The van der Waals surface area contributed by atoms with Gasteiger partial charge in [-0.05, 0) is 160 Å². The minimum absolute atomic E-state index is 0.0532. The first kappa shape index (κ1) is 31.5. The van der Waals surface area contributed by atoms with Gasteiger partial charge in [0.05, 0.1) is 28.9 Å². The number of pyridine rings is 2. The lowest BCUT2D eigenvalue weighted by Gasteiger charge is -2.56. The van der Waals surface area contributed by atoms with Crippen molar-refractivity contribution in [1.82, 2.24) is 14.4 Å². The van der Waals surface area contributed by atoms with Gasteiger partial charge in [-0.1, -0.05) is 73.6 Å². The summed E-state index contributed by atoms with van der Waals surface area (Å²) < 4.78 is 2.79. The number of hydrogen-bond acceptors (Lipinski definition) is 2. The minimum atomic E-state index is -0.0993. The highest BCUT2D eigenvalue weighted by Gasteiger charge is 2.66. The molecule has 1 spiro atoms. The summed E-state index contributed by atoms with van der Waals surface area (Å²) in [5.74, 6) is 6.15. The molecule has 3 heteroatoms. The van der Waals surface area contributed by atoms with Crippen molar-refractivity contribution < 1.29 is 0 Å². The summed E-state index contributed by atoms with van der Waals surface area (Å²) >= 11 is 0. The van der Waals surface area contributed by atoms with E-state index in [0.717, 1.165) is 23.7 Å². The van der Waals surface area contributed by atoms with E-state index in [1.165, 1.54) is 92.1 Å². The van der Waals surface area contributed by atoms with Gasteiger partial charge < -0.3 is 4.40 Å². The molecule has 7 atom stereocenters. The van der Waals surface area contributed by atoms with Crippen LogP contribution in [0.25, 0.3) is 49.2 Å². The van der Waals surface area contributed by atoms with Crippen molar-refractivity contribution in [3.63, 3.8) is 0 Å². The zero-order chi connectivity index (χ0) is 37.5. The second kappa shape index (κ2) is 8.91. The molecule has 5 fully saturated rings. The monoisotopic (exact) mass is 735 g/mol. The van der Waals surface area contributed by atoms with Crippen LogP contribution in [0.4, 0.5) is 0 Å². The van der Waals surface area contributed by atoms with Gasteiger partial charge in [0, 0.05) is 55.6 Å². The number of hydrogen-bond donors (Lipinski definition) is 0. The summed E-state index contributed by atoms with van der Waals surface area (Å²) in [5.41, 5.74) is 20.6. The molecular weight excluding hydrogens is 679 g/mol. The number of rotatable bonds is 0. The van der Waals surface area contributed by atoms with Gasteiger partial charge in [0.1, 0.15) is 0 Å². The summed E-state index contributed by atoms with van der Waals surface area (Å²) in [7, 11) is 0. The zero-order valence-electron chi connectivity index (χ0n) is 34.9. The highest BCUT2D eigenvalue weighted by atomic mass is 15.0. The van der Waals surface area contributed by atoms with E-state index in [1.807, 2.05) is 0 Å². The highest BCUT2D eigenvalue weighted by molar-refractivity contribution is 6.29. The van der Waals surface area contributed by atoms with Crippen LogP contribution in [0.2, 0.25) is 0 Å². The van der Waals surface area contributed by atoms with Gasteiger partial charge in [0.25, 0.3) is 0 Å². The third-order valence-electron chi connectivity index (χ3n) is 21.3. The SMILES string of the molecule is CC1(C)c2cccc3c2-c2c(c4c5c6c(ncc5n5c7cnc8c(c7c(c2C(C)(C)C3(C)C)c45)C2CC3CC4CC8CC43C2)C2CC3CC(C2)CC6C3)C1(C)C. The minimum Gasteiger partial charge on any atom is -0.305 e. The molecule has 3 nitrogen and oxygen atoms in total. The van der Waals surface area contributed by atoms with Crippen molar-refractivity contribution in [3.8, 4) is 11.1 Å². The first-order valence-electron chi connectivity index (χ1n) is 23.0. The molecule has 0 aliphatic heterocycles. The quantitative estimate of drug-likeness (QED) is 0.155. The van der Waals surface area contributed by atoms with E-state index < -0.39 is 0 Å². The van der Waals surface area contributed by atoms with Gasteiger partial charge >= 0.3 is 0 Å². The molecule has 0 radical (unpaired) electrons. The van der Waals surface area contributed by atoms with Crippen LogP contribution in [-0.4, -0.2) is 14.4 Å². The number of nitrogens with zero attached hydrogens (tertiary/aromatic N) is 3. The second-order valence-corrected chi connectivity index (χ2v) is 23.9. The smallest absolute Gasteiger partial charge is 0.0728 e. The molecule has 56 heavy (non-hydrogen) atoms. The van der Waals surface area contributed by atoms with Crippen LogP contribution in [-0.2, 0) is 21.7 Å². The van der Waals surface area contributed by atoms with Crippen LogP contribution in [0.1, 0.15) is 188 Å². The molecule has 2 aromatic carbocycles. The fraction of sp³-hybridized carbons (Fsp3) is 0.585. The van der Waals surface area contributed by atoms with Crippen molar-refractivity contribution >= 4 is 38.1 Å². The number of fused-ring (bicyclic) bond motifs is 14. The average molecular weight is 736 g/mol. The maximum atomic E-state index is 5.70. The molecule has 0 saturated heterocycles. The average Bonchev–Trinajstić information content (AvgIpc) is 3.80. The molecule has 6 aromatic rings. The number of aromatic nitrogens is 3. The Morgan fingerprint density at radius 1 is 0.518 bits per heavy atom. The van der Waals surface area contributed by atoms with E-state index in [2.05, 4.69) is 90.4 Å². The molecule has 5 saturated carbocycles. The normalized spacial score (nSPS) is 37.2. The lowest BCUT2D eigenvalue weighted by Crippen LogP contribution is -2.50. The lowest BCUT2D eigenvalue weighted by molar-refractivity contribution is 0.00321. The summed E-state index contributed by atoms with van der Waals surface area (Å²) in [6.07, 6.45) is 18.7. The van der Waals surface area contributed by atoms with Gasteiger partial charge in [-0.2, -0.15) is 0 Å². The Morgan fingerprint density at radius 3 is 1.64 bits per heavy atom. The van der Waals surface area contributed by atoms with Crippen molar-refractivity contribution in [3.05, 3.63) is 75.4 Å². The summed E-state index contributed by atoms with van der Waals surface area (Å²) in [4.78, 5) is 11.4. The van der Waals surface area contributed by atoms with E-state index in [-0.39, 0.29) is 21.7 Å². The van der Waals surface area contributed by atoms with Crippen LogP contribution in [0.3, 0.4) is 0 Å². The lowest BCUT2D eigenvalue weighted by atomic mass is 9.47. The molecule has 10 aliphatic rings. The van der Waals surface area contributed by atoms with Gasteiger partial charge in [0.2, 0.25) is 0 Å². The molecule has 7 unspecified atom stereocenters. The van der Waals surface area contributed by atoms with Crippen LogP contribution in [0, 0.1) is 29.1 Å². The van der Waals surface area contributed by atoms with E-state index in [4.69, 9.17) is 9.97 Å². The first-order chi connectivity index (χ1) is 26.7. The Hall–Kier alpha value is -3.46. The summed E-state index contributed by atoms with van der Waals surface area (Å²) in [6.45, 7) is 20.8. The Kier molecular flexibility index (Phi) is 5.02. The fourth-order valence-corrected chi connectivity index (χ4v) is 17.8. The van der Waals surface area contributed by atoms with E-state index in [9.17, 15) is 0 Å². The standard InChI is InChI=1S/C53H57N3/c1-49(2)32-10-9-11-33-38(32)41-44(51(49,5)6)42-39-34(22-54-46-27-15-24-12-25(16-27)14-26(13-24)36(39)46)56-35-23-55-47-29-18-31-19-30-17-28(20-53(30,31)21-29)37(47)40(35)43(48(42)56)45(41)52(7,8)50(33,3)4/h9-11,22-31H,12-21H2,1-8H3. The van der Waals surface area contributed by atoms with Crippen molar-refractivity contribution in [2.24, 2.45) is 29.1 Å². The van der Waals surface area contributed by atoms with Gasteiger partial charge in [-0.25, -0.2) is 0 Å². The van der Waals surface area contributed by atoms with Crippen molar-refractivity contribution in [1.29, 1.82) is 0 Å². The Morgan fingerprint density at radius 2 is 1.04 bits per heavy atom. The van der Waals surface area contributed by atoms with E-state index in [0.29, 0.717) is 29.1 Å². The molecule has 284 valence electrons. The summed E-state index contributed by atoms with van der Waals surface area (Å²) in [5, 5.41) is 6.41. The van der Waals surface area contributed by atoms with Crippen LogP contribution < -0.4 is 0 Å². The maximum absolute atomic E-state index is 5.70. The predicted octanol–water partition coefficient (Wildman–Crippen LogP) is 13.2. The van der Waals surface area contributed by atoms with Gasteiger partial charge in [-0.3, -0.25) is 9.97 Å². The molecule has 4 heterocycles. The first-order valence-corrected chi connectivity index (χ1v) is 23.0. The third-order valence-corrected chi connectivity index (χ3v) is 21.3. The molecule has 7 bridgehead atoms. The van der Waals surface area contributed by atoms with Gasteiger partial charge in [-0.15, -0.1) is 0 Å². The highest BCUT2D eigenvalue weighted by Crippen LogP contribution is 2.77. The fourth-order valence-electron chi connectivity index (χ4n) is 17.8. The second-order valence-electron chi connectivity index (χ2n) is 23.9. The van der Waals surface area contributed by atoms with E-state index in [1.54, 1.807) is 66.1 Å². The molecule has 0 amide bonds. The molecular formula is C53H57N3. The van der Waals surface area contributed by atoms with Crippen molar-refractivity contribution in [2.45, 2.75) is 165 Å².